The Morgan fingerprint density at radius 1 is 1.29 bits per heavy atom. The van der Waals surface area contributed by atoms with Crippen LogP contribution in [0.1, 0.15) is 23.1 Å². The van der Waals surface area contributed by atoms with Crippen LogP contribution < -0.4 is 10.6 Å². The summed E-state index contributed by atoms with van der Waals surface area (Å²) >= 11 is 6.02. The Kier molecular flexibility index (Phi) is 5.51. The molecule has 0 aliphatic rings. The first-order valence-corrected chi connectivity index (χ1v) is 7.17. The Labute approximate surface area is 128 Å². The normalized spacial score (nSPS) is 10.2. The first-order chi connectivity index (χ1) is 10.2. The third kappa shape index (κ3) is 4.43. The van der Waals surface area contributed by atoms with Gasteiger partial charge in [-0.3, -0.25) is 9.78 Å². The van der Waals surface area contributed by atoms with Gasteiger partial charge in [-0.05, 0) is 31.2 Å². The molecule has 0 fully saturated rings. The maximum absolute atomic E-state index is 12.1. The van der Waals surface area contributed by atoms with Crippen molar-refractivity contribution in [2.75, 3.05) is 18.4 Å². The molecule has 2 rings (SSSR count). The van der Waals surface area contributed by atoms with Crippen LogP contribution >= 0.6 is 11.6 Å². The van der Waals surface area contributed by atoms with Crippen LogP contribution in [-0.2, 0) is 6.42 Å². The van der Waals surface area contributed by atoms with E-state index in [1.54, 1.807) is 18.3 Å². The van der Waals surface area contributed by atoms with Crippen LogP contribution in [0, 0.1) is 0 Å². The SMILES string of the molecule is CCNc1ccc(Cl)c(C(=O)NCCc2ccccn2)n1. The molecule has 5 nitrogen and oxygen atoms in total. The smallest absolute Gasteiger partial charge is 0.271 e. The second-order valence-electron chi connectivity index (χ2n) is 4.38. The van der Waals surface area contributed by atoms with E-state index in [0.717, 1.165) is 12.2 Å². The van der Waals surface area contributed by atoms with Gasteiger partial charge in [0.25, 0.3) is 5.91 Å². The third-order valence-electron chi connectivity index (χ3n) is 2.81. The average Bonchev–Trinajstić information content (AvgIpc) is 2.50. The van der Waals surface area contributed by atoms with Gasteiger partial charge in [-0.2, -0.15) is 0 Å². The van der Waals surface area contributed by atoms with E-state index in [1.807, 2.05) is 25.1 Å². The monoisotopic (exact) mass is 304 g/mol. The second kappa shape index (κ2) is 7.59. The van der Waals surface area contributed by atoms with Gasteiger partial charge in [-0.25, -0.2) is 4.98 Å². The van der Waals surface area contributed by atoms with E-state index in [4.69, 9.17) is 11.6 Å². The van der Waals surface area contributed by atoms with Gasteiger partial charge in [0.2, 0.25) is 0 Å². The van der Waals surface area contributed by atoms with E-state index in [1.165, 1.54) is 0 Å². The Balaban J connectivity index is 1.95. The Morgan fingerprint density at radius 2 is 2.14 bits per heavy atom. The van der Waals surface area contributed by atoms with Crippen molar-refractivity contribution in [2.45, 2.75) is 13.3 Å². The number of pyridine rings is 2. The molecule has 0 atom stereocenters. The molecule has 1 amide bonds. The van der Waals surface area contributed by atoms with Gasteiger partial charge < -0.3 is 10.6 Å². The third-order valence-corrected chi connectivity index (χ3v) is 3.12. The Hall–Kier alpha value is -2.14. The zero-order valence-electron chi connectivity index (χ0n) is 11.8. The number of amides is 1. The average molecular weight is 305 g/mol. The molecule has 2 aromatic heterocycles. The van der Waals surface area contributed by atoms with Crippen LogP contribution in [0.15, 0.2) is 36.5 Å². The fraction of sp³-hybridized carbons (Fsp3) is 0.267. The van der Waals surface area contributed by atoms with Crippen molar-refractivity contribution in [1.29, 1.82) is 0 Å². The topological polar surface area (TPSA) is 66.9 Å². The highest BCUT2D eigenvalue weighted by atomic mass is 35.5. The highest BCUT2D eigenvalue weighted by Crippen LogP contribution is 2.16. The molecule has 0 saturated carbocycles. The molecule has 0 aliphatic carbocycles. The summed E-state index contributed by atoms with van der Waals surface area (Å²) in [5.74, 6) is 0.354. The Morgan fingerprint density at radius 3 is 2.86 bits per heavy atom. The lowest BCUT2D eigenvalue weighted by Crippen LogP contribution is -2.27. The minimum Gasteiger partial charge on any atom is -0.370 e. The fourth-order valence-corrected chi connectivity index (χ4v) is 2.01. The maximum atomic E-state index is 12.1. The van der Waals surface area contributed by atoms with Crippen molar-refractivity contribution in [3.8, 4) is 0 Å². The van der Waals surface area contributed by atoms with E-state index in [0.29, 0.717) is 23.8 Å². The summed E-state index contributed by atoms with van der Waals surface area (Å²) in [6.45, 7) is 3.18. The number of carbonyl (C=O) groups is 1. The number of nitrogens with zero attached hydrogens (tertiary/aromatic N) is 2. The highest BCUT2D eigenvalue weighted by Gasteiger charge is 2.12. The molecule has 21 heavy (non-hydrogen) atoms. The lowest BCUT2D eigenvalue weighted by atomic mass is 10.2. The predicted molar refractivity (Wildman–Crippen MR) is 83.7 cm³/mol. The molecule has 6 heteroatoms. The van der Waals surface area contributed by atoms with Gasteiger partial charge in [0.1, 0.15) is 11.5 Å². The van der Waals surface area contributed by atoms with Gasteiger partial charge in [-0.1, -0.05) is 17.7 Å². The first-order valence-electron chi connectivity index (χ1n) is 6.79. The van der Waals surface area contributed by atoms with Gasteiger partial charge in [0.15, 0.2) is 0 Å². The van der Waals surface area contributed by atoms with Gasteiger partial charge in [0, 0.05) is 31.4 Å². The molecular weight excluding hydrogens is 288 g/mol. The predicted octanol–water partition coefficient (Wildman–Crippen LogP) is 2.53. The molecule has 0 aliphatic heterocycles. The molecule has 2 aromatic rings. The minimum atomic E-state index is -0.282. The van der Waals surface area contributed by atoms with E-state index in [2.05, 4.69) is 20.6 Å². The first kappa shape index (κ1) is 15.3. The number of halogens is 1. The lowest BCUT2D eigenvalue weighted by molar-refractivity contribution is 0.0949. The molecule has 0 bridgehead atoms. The summed E-state index contributed by atoms with van der Waals surface area (Å²) in [6, 6.07) is 9.11. The number of hydrogen-bond donors (Lipinski definition) is 2. The molecule has 0 unspecified atom stereocenters. The lowest BCUT2D eigenvalue weighted by Gasteiger charge is -2.08. The number of carbonyl (C=O) groups excluding carboxylic acids is 1. The number of nitrogens with one attached hydrogen (secondary N) is 2. The Bertz CT molecular complexity index is 604. The van der Waals surface area contributed by atoms with Gasteiger partial charge in [0.05, 0.1) is 5.02 Å². The summed E-state index contributed by atoms with van der Waals surface area (Å²) in [6.07, 6.45) is 2.40. The number of aromatic nitrogens is 2. The van der Waals surface area contributed by atoms with Crippen molar-refractivity contribution in [3.63, 3.8) is 0 Å². The standard InChI is InChI=1S/C15H17ClN4O/c1-2-17-13-7-6-12(16)14(20-13)15(21)19-10-8-11-5-3-4-9-18-11/h3-7,9H,2,8,10H2,1H3,(H,17,20)(H,19,21). The summed E-state index contributed by atoms with van der Waals surface area (Å²) in [4.78, 5) is 20.5. The quantitative estimate of drug-likeness (QED) is 0.860. The fourth-order valence-electron chi connectivity index (χ4n) is 1.81. The van der Waals surface area contributed by atoms with Crippen LogP contribution in [0.3, 0.4) is 0 Å². The van der Waals surface area contributed by atoms with Crippen LogP contribution in [0.2, 0.25) is 5.02 Å². The summed E-state index contributed by atoms with van der Waals surface area (Å²) in [5.41, 5.74) is 1.16. The van der Waals surface area contributed by atoms with E-state index < -0.39 is 0 Å². The largest absolute Gasteiger partial charge is 0.370 e. The van der Waals surface area contributed by atoms with Gasteiger partial charge in [-0.15, -0.1) is 0 Å². The molecular formula is C15H17ClN4O. The van der Waals surface area contributed by atoms with Crippen molar-refractivity contribution in [1.82, 2.24) is 15.3 Å². The van der Waals surface area contributed by atoms with Crippen LogP contribution in [0.5, 0.6) is 0 Å². The second-order valence-corrected chi connectivity index (χ2v) is 4.79. The van der Waals surface area contributed by atoms with Crippen LogP contribution in [-0.4, -0.2) is 29.0 Å². The molecule has 0 saturated heterocycles. The molecule has 0 spiro atoms. The number of anilines is 1. The molecule has 0 aromatic carbocycles. The molecule has 2 heterocycles. The minimum absolute atomic E-state index is 0.233. The summed E-state index contributed by atoms with van der Waals surface area (Å²) in [7, 11) is 0. The van der Waals surface area contributed by atoms with Gasteiger partial charge >= 0.3 is 0 Å². The van der Waals surface area contributed by atoms with Crippen molar-refractivity contribution in [3.05, 3.63) is 52.9 Å². The van der Waals surface area contributed by atoms with Crippen LogP contribution in [0.4, 0.5) is 5.82 Å². The zero-order valence-corrected chi connectivity index (χ0v) is 12.5. The highest BCUT2D eigenvalue weighted by molar-refractivity contribution is 6.33. The van der Waals surface area contributed by atoms with Crippen molar-refractivity contribution >= 4 is 23.3 Å². The van der Waals surface area contributed by atoms with E-state index >= 15 is 0 Å². The number of hydrogen-bond acceptors (Lipinski definition) is 4. The zero-order chi connectivity index (χ0) is 15.1. The van der Waals surface area contributed by atoms with E-state index in [9.17, 15) is 4.79 Å². The summed E-state index contributed by atoms with van der Waals surface area (Å²) in [5, 5.41) is 6.20. The molecule has 0 radical (unpaired) electrons. The number of rotatable bonds is 6. The van der Waals surface area contributed by atoms with Crippen LogP contribution in [0.25, 0.3) is 0 Å². The van der Waals surface area contributed by atoms with E-state index in [-0.39, 0.29) is 11.6 Å². The summed E-state index contributed by atoms with van der Waals surface area (Å²) < 4.78 is 0. The van der Waals surface area contributed by atoms with Crippen molar-refractivity contribution < 1.29 is 4.79 Å². The molecule has 110 valence electrons. The van der Waals surface area contributed by atoms with Crippen molar-refractivity contribution in [2.24, 2.45) is 0 Å². The molecule has 2 N–H and O–H groups in total. The maximum Gasteiger partial charge on any atom is 0.271 e.